The van der Waals surface area contributed by atoms with Crippen molar-refractivity contribution in [1.82, 2.24) is 10.6 Å². The van der Waals surface area contributed by atoms with Gasteiger partial charge in [0.05, 0.1) is 13.5 Å². The second-order valence-electron chi connectivity index (χ2n) is 9.96. The summed E-state index contributed by atoms with van der Waals surface area (Å²) in [5.74, 6) is 0.178. The summed E-state index contributed by atoms with van der Waals surface area (Å²) in [5, 5.41) is 5.72. The molecule has 0 bridgehead atoms. The van der Waals surface area contributed by atoms with Gasteiger partial charge in [-0.3, -0.25) is 9.59 Å². The first-order valence-corrected chi connectivity index (χ1v) is 13.9. The van der Waals surface area contributed by atoms with Crippen molar-refractivity contribution in [2.75, 3.05) is 7.11 Å². The fourth-order valence-electron chi connectivity index (χ4n) is 4.59. The molecule has 0 spiro atoms. The molecule has 1 aliphatic carbocycles. The summed E-state index contributed by atoms with van der Waals surface area (Å²) in [6.45, 7) is 1.87. The van der Waals surface area contributed by atoms with Crippen LogP contribution < -0.4 is 15.4 Å². The van der Waals surface area contributed by atoms with Gasteiger partial charge in [-0.25, -0.2) is 4.79 Å². The molecule has 1 unspecified atom stereocenters. The minimum absolute atomic E-state index is 0.165. The van der Waals surface area contributed by atoms with E-state index < -0.39 is 12.0 Å². The molecule has 2 N–H and O–H groups in total. The Morgan fingerprint density at radius 1 is 0.800 bits per heavy atom. The number of ether oxygens (including phenoxy) is 2. The summed E-state index contributed by atoms with van der Waals surface area (Å²) in [5.41, 5.74) is 3.10. The highest BCUT2D eigenvalue weighted by Crippen LogP contribution is 2.18. The lowest BCUT2D eigenvalue weighted by Crippen LogP contribution is -2.41. The van der Waals surface area contributed by atoms with E-state index in [-0.39, 0.29) is 11.8 Å². The van der Waals surface area contributed by atoms with Crippen molar-refractivity contribution < 1.29 is 23.9 Å². The van der Waals surface area contributed by atoms with E-state index in [9.17, 15) is 14.4 Å². The number of amides is 2. The van der Waals surface area contributed by atoms with Crippen LogP contribution in [0, 0.1) is 0 Å². The predicted molar refractivity (Wildman–Crippen MR) is 156 cm³/mol. The molecule has 0 aliphatic heterocycles. The van der Waals surface area contributed by atoms with Gasteiger partial charge in [0.15, 0.2) is 0 Å². The molecular formula is C33H40N2O5. The molecule has 2 amide bonds. The molecule has 1 atom stereocenters. The average molecular weight is 545 g/mol. The molecule has 3 aromatic rings. The molecule has 4 rings (SSSR count). The van der Waals surface area contributed by atoms with E-state index in [4.69, 9.17) is 9.47 Å². The van der Waals surface area contributed by atoms with Gasteiger partial charge in [-0.05, 0) is 41.7 Å². The van der Waals surface area contributed by atoms with Crippen LogP contribution in [0.2, 0.25) is 0 Å². The molecule has 1 saturated carbocycles. The van der Waals surface area contributed by atoms with Crippen LogP contribution in [-0.2, 0) is 38.6 Å². The van der Waals surface area contributed by atoms with Crippen LogP contribution >= 0.6 is 0 Å². The molecule has 0 radical (unpaired) electrons. The summed E-state index contributed by atoms with van der Waals surface area (Å²) < 4.78 is 10.4. The van der Waals surface area contributed by atoms with Crippen molar-refractivity contribution >= 4 is 17.8 Å². The molecule has 212 valence electrons. The number of rotatable bonds is 10. The monoisotopic (exact) mass is 544 g/mol. The number of carbonyl (C=O) groups is 3. The standard InChI is InChI=1S/C19H21NO4.C14H19NO/c1-14(21)20-18(19(22)23-2)12-15-8-10-17(11-9-15)24-13-16-6-4-3-5-7-16;16-14(11-12-7-3-1-4-8-12)15-13-9-5-2-6-10-13/h3-11,18H,12-13H2,1-2H3,(H,20,21);1,3-4,7-8,13H,2,5-6,9-11H2,(H,15,16). The molecule has 0 saturated heterocycles. The van der Waals surface area contributed by atoms with Gasteiger partial charge in [-0.2, -0.15) is 0 Å². The summed E-state index contributed by atoms with van der Waals surface area (Å²) >= 11 is 0. The lowest BCUT2D eigenvalue weighted by molar-refractivity contribution is -0.144. The number of esters is 1. The molecule has 7 heteroatoms. The SMILES string of the molecule is COC(=O)C(Cc1ccc(OCc2ccccc2)cc1)NC(C)=O.O=C(Cc1ccccc1)NC1CCCCC1. The van der Waals surface area contributed by atoms with Gasteiger partial charge in [-0.15, -0.1) is 0 Å². The largest absolute Gasteiger partial charge is 0.489 e. The lowest BCUT2D eigenvalue weighted by Gasteiger charge is -2.22. The quantitative estimate of drug-likeness (QED) is 0.344. The van der Waals surface area contributed by atoms with Crippen LogP contribution in [0.15, 0.2) is 84.9 Å². The summed E-state index contributed by atoms with van der Waals surface area (Å²) in [6.07, 6.45) is 7.03. The molecule has 0 aromatic heterocycles. The Labute approximate surface area is 237 Å². The molecule has 0 heterocycles. The summed E-state index contributed by atoms with van der Waals surface area (Å²) in [7, 11) is 1.30. The minimum atomic E-state index is -0.691. The van der Waals surface area contributed by atoms with E-state index >= 15 is 0 Å². The summed E-state index contributed by atoms with van der Waals surface area (Å²) in [6, 6.07) is 27.0. The number of nitrogens with one attached hydrogen (secondary N) is 2. The molecule has 3 aromatic carbocycles. The van der Waals surface area contributed by atoms with Crippen molar-refractivity contribution in [3.8, 4) is 5.75 Å². The van der Waals surface area contributed by atoms with Crippen molar-refractivity contribution in [3.05, 3.63) is 102 Å². The second kappa shape index (κ2) is 16.7. The van der Waals surface area contributed by atoms with Crippen molar-refractivity contribution in [3.63, 3.8) is 0 Å². The third-order valence-electron chi connectivity index (χ3n) is 6.65. The zero-order valence-electron chi connectivity index (χ0n) is 23.4. The lowest BCUT2D eigenvalue weighted by atomic mass is 9.95. The highest BCUT2D eigenvalue weighted by Gasteiger charge is 2.20. The van der Waals surface area contributed by atoms with Gasteiger partial charge >= 0.3 is 5.97 Å². The van der Waals surface area contributed by atoms with Gasteiger partial charge in [-0.1, -0.05) is 92.1 Å². The molecule has 7 nitrogen and oxygen atoms in total. The highest BCUT2D eigenvalue weighted by molar-refractivity contribution is 5.83. The van der Waals surface area contributed by atoms with Crippen LogP contribution in [0.25, 0.3) is 0 Å². The zero-order valence-corrected chi connectivity index (χ0v) is 23.4. The Hall–Kier alpha value is -4.13. The molecule has 1 fully saturated rings. The number of methoxy groups -OCH3 is 1. The van der Waals surface area contributed by atoms with Crippen molar-refractivity contribution in [2.45, 2.75) is 70.6 Å². The Bertz CT molecular complexity index is 1180. The molecular weight excluding hydrogens is 504 g/mol. The van der Waals surface area contributed by atoms with E-state index in [1.807, 2.05) is 84.9 Å². The first-order chi connectivity index (χ1) is 19.4. The van der Waals surface area contributed by atoms with Crippen LogP contribution in [0.4, 0.5) is 0 Å². The number of hydrogen-bond donors (Lipinski definition) is 2. The van der Waals surface area contributed by atoms with Crippen LogP contribution in [0.3, 0.4) is 0 Å². The maximum Gasteiger partial charge on any atom is 0.328 e. The first-order valence-electron chi connectivity index (χ1n) is 13.9. The van der Waals surface area contributed by atoms with Crippen molar-refractivity contribution in [2.24, 2.45) is 0 Å². The third kappa shape index (κ3) is 11.3. The Morgan fingerprint density at radius 3 is 1.98 bits per heavy atom. The second-order valence-corrected chi connectivity index (χ2v) is 9.96. The number of benzene rings is 3. The predicted octanol–water partition coefficient (Wildman–Crippen LogP) is 5.16. The topological polar surface area (TPSA) is 93.7 Å². The first kappa shape index (κ1) is 30.4. The Balaban J connectivity index is 0.000000238. The van der Waals surface area contributed by atoms with Gasteiger partial charge in [0.2, 0.25) is 11.8 Å². The third-order valence-corrected chi connectivity index (χ3v) is 6.65. The van der Waals surface area contributed by atoms with E-state index in [1.165, 1.54) is 33.3 Å². The van der Waals surface area contributed by atoms with Crippen LogP contribution in [0.5, 0.6) is 5.75 Å². The van der Waals surface area contributed by atoms with E-state index in [2.05, 4.69) is 10.6 Å². The van der Waals surface area contributed by atoms with Gasteiger partial charge < -0.3 is 20.1 Å². The Kier molecular flexibility index (Phi) is 12.7. The highest BCUT2D eigenvalue weighted by atomic mass is 16.5. The fraction of sp³-hybridized carbons (Fsp3) is 0.364. The van der Waals surface area contributed by atoms with Gasteiger partial charge in [0, 0.05) is 19.4 Å². The maximum atomic E-state index is 11.8. The molecule has 40 heavy (non-hydrogen) atoms. The molecule has 1 aliphatic rings. The fourth-order valence-corrected chi connectivity index (χ4v) is 4.59. The van der Waals surface area contributed by atoms with E-state index in [0.29, 0.717) is 25.5 Å². The minimum Gasteiger partial charge on any atom is -0.489 e. The Morgan fingerprint density at radius 2 is 1.40 bits per heavy atom. The van der Waals surface area contributed by atoms with E-state index in [1.54, 1.807) is 0 Å². The van der Waals surface area contributed by atoms with Crippen LogP contribution in [0.1, 0.15) is 55.7 Å². The number of hydrogen-bond acceptors (Lipinski definition) is 5. The normalized spacial score (nSPS) is 13.7. The van der Waals surface area contributed by atoms with E-state index in [0.717, 1.165) is 35.3 Å². The maximum absolute atomic E-state index is 11.8. The number of carbonyl (C=O) groups excluding carboxylic acids is 3. The summed E-state index contributed by atoms with van der Waals surface area (Å²) in [4.78, 5) is 34.7. The smallest absolute Gasteiger partial charge is 0.328 e. The zero-order chi connectivity index (χ0) is 28.6. The average Bonchev–Trinajstić information content (AvgIpc) is 2.97. The van der Waals surface area contributed by atoms with Gasteiger partial charge in [0.25, 0.3) is 0 Å². The van der Waals surface area contributed by atoms with Crippen molar-refractivity contribution in [1.29, 1.82) is 0 Å². The van der Waals surface area contributed by atoms with Gasteiger partial charge in [0.1, 0.15) is 18.4 Å². The van der Waals surface area contributed by atoms with Crippen LogP contribution in [-0.4, -0.2) is 37.0 Å².